The van der Waals surface area contributed by atoms with Gasteiger partial charge in [-0.2, -0.15) is 0 Å². The van der Waals surface area contributed by atoms with Crippen molar-refractivity contribution in [3.8, 4) is 0 Å². The summed E-state index contributed by atoms with van der Waals surface area (Å²) >= 11 is 5.83. The van der Waals surface area contributed by atoms with E-state index in [0.29, 0.717) is 18.1 Å². The molecule has 23 heavy (non-hydrogen) atoms. The van der Waals surface area contributed by atoms with Crippen LogP contribution in [0.1, 0.15) is 19.4 Å². The number of carbonyl (C=O) groups excluding carboxylic acids is 3. The Bertz CT molecular complexity index is 562. The molecule has 8 heteroatoms. The second-order valence-corrected chi connectivity index (χ2v) is 5.35. The van der Waals surface area contributed by atoms with Crippen molar-refractivity contribution in [2.75, 3.05) is 13.1 Å². The first kappa shape index (κ1) is 18.9. The van der Waals surface area contributed by atoms with Crippen molar-refractivity contribution >= 4 is 29.5 Å². The molecule has 0 spiro atoms. The standard InChI is InChI=1S/C15H20ClN3O4/c1-3-19(8-11-4-6-12(16)7-5-11)9-13(20)23-10(2)14(21)18-15(17)22/h4-7,10H,3,8-9H2,1-2H3,(H3,17,18,21,22)/t10-/m0/s1. The average molecular weight is 342 g/mol. The van der Waals surface area contributed by atoms with Gasteiger partial charge in [-0.15, -0.1) is 0 Å². The fourth-order valence-electron chi connectivity index (χ4n) is 1.82. The Morgan fingerprint density at radius 3 is 2.43 bits per heavy atom. The Kier molecular flexibility index (Phi) is 7.50. The van der Waals surface area contributed by atoms with Gasteiger partial charge < -0.3 is 10.5 Å². The molecule has 7 nitrogen and oxygen atoms in total. The van der Waals surface area contributed by atoms with Crippen LogP contribution in [-0.4, -0.2) is 42.0 Å². The predicted octanol–water partition coefficient (Wildman–Crippen LogP) is 1.29. The minimum Gasteiger partial charge on any atom is -0.452 e. The van der Waals surface area contributed by atoms with Gasteiger partial charge >= 0.3 is 12.0 Å². The molecule has 0 saturated carbocycles. The summed E-state index contributed by atoms with van der Waals surface area (Å²) < 4.78 is 4.98. The number of nitrogens with zero attached hydrogens (tertiary/aromatic N) is 1. The van der Waals surface area contributed by atoms with Crippen LogP contribution in [-0.2, 0) is 20.9 Å². The van der Waals surface area contributed by atoms with E-state index in [4.69, 9.17) is 22.1 Å². The summed E-state index contributed by atoms with van der Waals surface area (Å²) in [7, 11) is 0. The molecule has 1 aromatic carbocycles. The summed E-state index contributed by atoms with van der Waals surface area (Å²) in [4.78, 5) is 35.8. The summed E-state index contributed by atoms with van der Waals surface area (Å²) in [6.07, 6.45) is -1.09. The maximum Gasteiger partial charge on any atom is 0.320 e. The summed E-state index contributed by atoms with van der Waals surface area (Å²) in [6, 6.07) is 6.31. The molecule has 0 aliphatic heterocycles. The lowest BCUT2D eigenvalue weighted by atomic mass is 10.2. The first-order valence-electron chi connectivity index (χ1n) is 7.08. The number of imide groups is 1. The molecule has 1 rings (SSSR count). The summed E-state index contributed by atoms with van der Waals surface area (Å²) in [5.74, 6) is -1.32. The molecule has 0 aromatic heterocycles. The van der Waals surface area contributed by atoms with Gasteiger partial charge in [-0.05, 0) is 31.2 Å². The van der Waals surface area contributed by atoms with Gasteiger partial charge in [-0.3, -0.25) is 19.8 Å². The Morgan fingerprint density at radius 1 is 1.30 bits per heavy atom. The fraction of sp³-hybridized carbons (Fsp3) is 0.400. The number of benzene rings is 1. The number of primary amides is 1. The van der Waals surface area contributed by atoms with Crippen molar-refractivity contribution < 1.29 is 19.1 Å². The number of nitrogens with two attached hydrogens (primary N) is 1. The fourth-order valence-corrected chi connectivity index (χ4v) is 1.95. The Morgan fingerprint density at radius 2 is 1.91 bits per heavy atom. The zero-order chi connectivity index (χ0) is 17.4. The molecule has 0 saturated heterocycles. The number of likely N-dealkylation sites (N-methyl/N-ethyl adjacent to an activating group) is 1. The molecule has 0 aliphatic rings. The van der Waals surface area contributed by atoms with E-state index in [2.05, 4.69) is 0 Å². The highest BCUT2D eigenvalue weighted by molar-refractivity contribution is 6.30. The van der Waals surface area contributed by atoms with Crippen LogP contribution in [0, 0.1) is 0 Å². The van der Waals surface area contributed by atoms with Gasteiger partial charge in [0, 0.05) is 11.6 Å². The SMILES string of the molecule is CCN(CC(=O)O[C@@H](C)C(=O)NC(N)=O)Cc1ccc(Cl)cc1. The minimum absolute atomic E-state index is 0.0211. The number of urea groups is 1. The molecule has 1 aromatic rings. The lowest BCUT2D eigenvalue weighted by molar-refractivity contribution is -0.155. The first-order chi connectivity index (χ1) is 10.8. The van der Waals surface area contributed by atoms with Crippen LogP contribution in [0.2, 0.25) is 5.02 Å². The summed E-state index contributed by atoms with van der Waals surface area (Å²) in [5.41, 5.74) is 5.84. The van der Waals surface area contributed by atoms with Crippen molar-refractivity contribution in [2.24, 2.45) is 5.73 Å². The molecule has 3 amide bonds. The highest BCUT2D eigenvalue weighted by atomic mass is 35.5. The average Bonchev–Trinajstić information content (AvgIpc) is 2.47. The van der Waals surface area contributed by atoms with E-state index < -0.39 is 24.0 Å². The summed E-state index contributed by atoms with van der Waals surface area (Å²) in [6.45, 7) is 4.47. The second-order valence-electron chi connectivity index (χ2n) is 4.92. The van der Waals surface area contributed by atoms with Gasteiger partial charge in [0.05, 0.1) is 6.54 Å². The smallest absolute Gasteiger partial charge is 0.320 e. The number of hydrogen-bond acceptors (Lipinski definition) is 5. The largest absolute Gasteiger partial charge is 0.452 e. The van der Waals surface area contributed by atoms with Crippen LogP contribution in [0.5, 0.6) is 0 Å². The van der Waals surface area contributed by atoms with Crippen molar-refractivity contribution in [1.82, 2.24) is 10.2 Å². The molecule has 0 fully saturated rings. The zero-order valence-electron chi connectivity index (χ0n) is 13.0. The molecule has 0 heterocycles. The lowest BCUT2D eigenvalue weighted by Crippen LogP contribution is -2.43. The number of hydrogen-bond donors (Lipinski definition) is 2. The summed E-state index contributed by atoms with van der Waals surface area (Å²) in [5, 5.41) is 2.50. The molecule has 126 valence electrons. The Labute approximate surface area is 139 Å². The maximum absolute atomic E-state index is 11.9. The van der Waals surface area contributed by atoms with Crippen molar-refractivity contribution in [3.05, 3.63) is 34.9 Å². The van der Waals surface area contributed by atoms with E-state index in [-0.39, 0.29) is 6.54 Å². The third-order valence-electron chi connectivity index (χ3n) is 3.04. The Hall–Kier alpha value is -2.12. The van der Waals surface area contributed by atoms with Crippen LogP contribution in [0.15, 0.2) is 24.3 Å². The third kappa shape index (κ3) is 7.12. The van der Waals surface area contributed by atoms with E-state index >= 15 is 0 Å². The third-order valence-corrected chi connectivity index (χ3v) is 3.30. The van der Waals surface area contributed by atoms with Crippen molar-refractivity contribution in [3.63, 3.8) is 0 Å². The predicted molar refractivity (Wildman–Crippen MR) is 85.7 cm³/mol. The second kappa shape index (κ2) is 9.12. The van der Waals surface area contributed by atoms with Gasteiger partial charge in [0.1, 0.15) is 0 Å². The quantitative estimate of drug-likeness (QED) is 0.727. The van der Waals surface area contributed by atoms with E-state index in [1.165, 1.54) is 6.92 Å². The van der Waals surface area contributed by atoms with E-state index in [1.807, 2.05) is 29.3 Å². The molecule has 0 radical (unpaired) electrons. The number of carbonyl (C=O) groups is 3. The van der Waals surface area contributed by atoms with Crippen LogP contribution < -0.4 is 11.1 Å². The molecular formula is C15H20ClN3O4. The molecule has 0 aliphatic carbocycles. The first-order valence-corrected chi connectivity index (χ1v) is 7.46. The monoisotopic (exact) mass is 341 g/mol. The highest BCUT2D eigenvalue weighted by Gasteiger charge is 2.20. The number of halogens is 1. The molecule has 0 unspecified atom stereocenters. The van der Waals surface area contributed by atoms with Crippen molar-refractivity contribution in [1.29, 1.82) is 0 Å². The number of nitrogens with one attached hydrogen (secondary N) is 1. The minimum atomic E-state index is -1.09. The van der Waals surface area contributed by atoms with Crippen LogP contribution in [0.4, 0.5) is 4.79 Å². The number of ether oxygens (including phenoxy) is 1. The molecule has 0 bridgehead atoms. The topological polar surface area (TPSA) is 102 Å². The van der Waals surface area contributed by atoms with Gasteiger partial charge in [0.2, 0.25) is 0 Å². The van der Waals surface area contributed by atoms with Gasteiger partial charge in [-0.1, -0.05) is 30.7 Å². The lowest BCUT2D eigenvalue weighted by Gasteiger charge is -2.20. The van der Waals surface area contributed by atoms with Gasteiger partial charge in [-0.25, -0.2) is 4.79 Å². The van der Waals surface area contributed by atoms with E-state index in [9.17, 15) is 14.4 Å². The molecule has 3 N–H and O–H groups in total. The van der Waals surface area contributed by atoms with E-state index in [1.54, 1.807) is 12.1 Å². The van der Waals surface area contributed by atoms with Gasteiger partial charge in [0.25, 0.3) is 5.91 Å². The molecular weight excluding hydrogens is 322 g/mol. The molecule has 1 atom stereocenters. The van der Waals surface area contributed by atoms with Crippen molar-refractivity contribution in [2.45, 2.75) is 26.5 Å². The zero-order valence-corrected chi connectivity index (χ0v) is 13.8. The van der Waals surface area contributed by atoms with Crippen LogP contribution in [0.3, 0.4) is 0 Å². The van der Waals surface area contributed by atoms with Crippen LogP contribution in [0.25, 0.3) is 0 Å². The van der Waals surface area contributed by atoms with Crippen LogP contribution >= 0.6 is 11.6 Å². The maximum atomic E-state index is 11.9. The number of amides is 3. The number of esters is 1. The Balaban J connectivity index is 2.51. The van der Waals surface area contributed by atoms with Gasteiger partial charge in [0.15, 0.2) is 6.10 Å². The van der Waals surface area contributed by atoms with E-state index in [0.717, 1.165) is 5.56 Å². The highest BCUT2D eigenvalue weighted by Crippen LogP contribution is 2.11. The number of rotatable bonds is 7. The normalized spacial score (nSPS) is 11.8.